The van der Waals surface area contributed by atoms with Gasteiger partial charge in [0.25, 0.3) is 0 Å². The second kappa shape index (κ2) is 6.57. The second-order valence-electron chi connectivity index (χ2n) is 6.38. The number of amides is 1. The summed E-state index contributed by atoms with van der Waals surface area (Å²) in [7, 11) is 1.94. The summed E-state index contributed by atoms with van der Waals surface area (Å²) >= 11 is 0. The zero-order chi connectivity index (χ0) is 14.6. The number of hydrogen-bond donors (Lipinski definition) is 3. The second-order valence-corrected chi connectivity index (χ2v) is 6.38. The van der Waals surface area contributed by atoms with Gasteiger partial charge in [-0.15, -0.1) is 0 Å². The van der Waals surface area contributed by atoms with Crippen molar-refractivity contribution < 1.29 is 14.7 Å². The van der Waals surface area contributed by atoms with Crippen LogP contribution < -0.4 is 10.6 Å². The maximum absolute atomic E-state index is 12.2. The molecule has 2 aliphatic carbocycles. The van der Waals surface area contributed by atoms with Crippen LogP contribution in [0.4, 0.5) is 0 Å². The van der Waals surface area contributed by atoms with Crippen LogP contribution in [-0.4, -0.2) is 35.6 Å². The Labute approximate surface area is 120 Å². The molecule has 114 valence electrons. The molecule has 2 aliphatic rings. The lowest BCUT2D eigenvalue weighted by Crippen LogP contribution is -2.49. The van der Waals surface area contributed by atoms with E-state index in [0.29, 0.717) is 19.3 Å². The van der Waals surface area contributed by atoms with Crippen molar-refractivity contribution in [3.05, 3.63) is 0 Å². The molecule has 20 heavy (non-hydrogen) atoms. The number of carbonyl (C=O) groups excluding carboxylic acids is 1. The smallest absolute Gasteiger partial charge is 0.306 e. The van der Waals surface area contributed by atoms with Gasteiger partial charge in [0.1, 0.15) is 0 Å². The molecule has 3 N–H and O–H groups in total. The van der Waals surface area contributed by atoms with Crippen LogP contribution >= 0.6 is 0 Å². The fourth-order valence-corrected chi connectivity index (χ4v) is 3.67. The van der Waals surface area contributed by atoms with Crippen LogP contribution in [0.1, 0.15) is 57.8 Å². The number of carboxylic acids is 1. The van der Waals surface area contributed by atoms with Gasteiger partial charge >= 0.3 is 5.97 Å². The van der Waals surface area contributed by atoms with Crippen molar-refractivity contribution in [2.75, 3.05) is 7.05 Å². The van der Waals surface area contributed by atoms with Crippen LogP contribution in [0.3, 0.4) is 0 Å². The number of carboxylic acid groups (broad SMARTS) is 1. The highest BCUT2D eigenvalue weighted by Crippen LogP contribution is 2.31. The Bertz CT molecular complexity index is 364. The zero-order valence-electron chi connectivity index (χ0n) is 12.3. The molecule has 0 unspecified atom stereocenters. The zero-order valence-corrected chi connectivity index (χ0v) is 12.3. The first-order valence-corrected chi connectivity index (χ1v) is 7.76. The van der Waals surface area contributed by atoms with Gasteiger partial charge in [-0.2, -0.15) is 0 Å². The minimum absolute atomic E-state index is 0.0427. The molecule has 0 heterocycles. The third kappa shape index (κ3) is 3.72. The summed E-state index contributed by atoms with van der Waals surface area (Å²) in [5.41, 5.74) is -0.0485. The van der Waals surface area contributed by atoms with Crippen molar-refractivity contribution in [1.29, 1.82) is 0 Å². The first kappa shape index (κ1) is 15.3. The van der Waals surface area contributed by atoms with Crippen molar-refractivity contribution >= 4 is 11.9 Å². The maximum Gasteiger partial charge on any atom is 0.306 e. The Balaban J connectivity index is 1.81. The summed E-state index contributed by atoms with van der Waals surface area (Å²) in [6.07, 6.45) is 8.28. The summed E-state index contributed by atoms with van der Waals surface area (Å²) in [5.74, 6) is -0.953. The summed E-state index contributed by atoms with van der Waals surface area (Å²) in [6.45, 7) is 0. The largest absolute Gasteiger partial charge is 0.481 e. The van der Waals surface area contributed by atoms with Crippen molar-refractivity contribution in [3.8, 4) is 0 Å². The van der Waals surface area contributed by atoms with Crippen molar-refractivity contribution in [2.24, 2.45) is 5.92 Å². The Morgan fingerprint density at radius 3 is 2.45 bits per heavy atom. The molecule has 2 rings (SSSR count). The first-order chi connectivity index (χ1) is 9.54. The standard InChI is InChI=1S/C15H26N2O3/c1-16-15(7-3-2-4-8-15)10-13(18)17-12-6-5-11(9-12)14(19)20/h11-12,16H,2-10H2,1H3,(H,17,18)(H,19,20)/t11-,12+/m1/s1. The highest BCUT2D eigenvalue weighted by atomic mass is 16.4. The van der Waals surface area contributed by atoms with Gasteiger partial charge in [-0.05, 0) is 39.2 Å². The third-order valence-corrected chi connectivity index (χ3v) is 4.99. The number of rotatable bonds is 5. The lowest BCUT2D eigenvalue weighted by Gasteiger charge is -2.37. The van der Waals surface area contributed by atoms with Gasteiger partial charge in [-0.3, -0.25) is 9.59 Å². The van der Waals surface area contributed by atoms with Crippen molar-refractivity contribution in [1.82, 2.24) is 10.6 Å². The molecule has 0 aromatic rings. The molecule has 1 amide bonds. The van der Waals surface area contributed by atoms with E-state index in [-0.39, 0.29) is 23.4 Å². The summed E-state index contributed by atoms with van der Waals surface area (Å²) < 4.78 is 0. The minimum Gasteiger partial charge on any atom is -0.481 e. The van der Waals surface area contributed by atoms with Gasteiger partial charge in [0.15, 0.2) is 0 Å². The van der Waals surface area contributed by atoms with Crippen molar-refractivity contribution in [2.45, 2.75) is 69.4 Å². The number of hydrogen-bond acceptors (Lipinski definition) is 3. The molecule has 0 aliphatic heterocycles. The predicted molar refractivity (Wildman–Crippen MR) is 76.4 cm³/mol. The van der Waals surface area contributed by atoms with Crippen LogP contribution in [-0.2, 0) is 9.59 Å². The molecule has 0 aromatic carbocycles. The molecule has 2 atom stereocenters. The summed E-state index contributed by atoms with van der Waals surface area (Å²) in [4.78, 5) is 23.1. The highest BCUT2D eigenvalue weighted by molar-refractivity contribution is 5.78. The van der Waals surface area contributed by atoms with E-state index in [1.165, 1.54) is 19.3 Å². The van der Waals surface area contributed by atoms with E-state index >= 15 is 0 Å². The van der Waals surface area contributed by atoms with Crippen molar-refractivity contribution in [3.63, 3.8) is 0 Å². The van der Waals surface area contributed by atoms with Crippen LogP contribution in [0, 0.1) is 5.92 Å². The molecule has 2 fully saturated rings. The number of nitrogens with one attached hydrogen (secondary N) is 2. The van der Waals surface area contributed by atoms with Gasteiger partial charge in [0.2, 0.25) is 5.91 Å². The molecule has 0 bridgehead atoms. The third-order valence-electron chi connectivity index (χ3n) is 4.99. The van der Waals surface area contributed by atoms with Gasteiger partial charge in [0, 0.05) is 18.0 Å². The number of carbonyl (C=O) groups is 2. The molecule has 0 aromatic heterocycles. The lowest BCUT2D eigenvalue weighted by molar-refractivity contribution is -0.141. The van der Waals surface area contributed by atoms with E-state index in [1.54, 1.807) is 0 Å². The Morgan fingerprint density at radius 1 is 1.20 bits per heavy atom. The molecule has 0 saturated heterocycles. The predicted octanol–water partition coefficient (Wildman–Crippen LogP) is 1.67. The first-order valence-electron chi connectivity index (χ1n) is 7.76. The summed E-state index contributed by atoms with van der Waals surface area (Å²) in [5, 5.41) is 15.4. The number of aliphatic carboxylic acids is 1. The lowest BCUT2D eigenvalue weighted by atomic mass is 9.79. The fourth-order valence-electron chi connectivity index (χ4n) is 3.67. The van der Waals surface area contributed by atoms with E-state index in [2.05, 4.69) is 10.6 Å². The normalized spacial score (nSPS) is 29.1. The van der Waals surface area contributed by atoms with Crippen LogP contribution in [0.2, 0.25) is 0 Å². The SMILES string of the molecule is CNC1(CC(=O)N[C@H]2CC[C@@H](C(=O)O)C2)CCCCC1. The van der Waals surface area contributed by atoms with Crippen LogP contribution in [0.15, 0.2) is 0 Å². The molecular weight excluding hydrogens is 256 g/mol. The molecular formula is C15H26N2O3. The van der Waals surface area contributed by atoms with E-state index in [4.69, 9.17) is 5.11 Å². The summed E-state index contributed by atoms with van der Waals surface area (Å²) in [6, 6.07) is 0.0427. The fraction of sp³-hybridized carbons (Fsp3) is 0.867. The average molecular weight is 282 g/mol. The molecule has 2 saturated carbocycles. The molecule has 0 spiro atoms. The van der Waals surface area contributed by atoms with E-state index in [0.717, 1.165) is 19.3 Å². The van der Waals surface area contributed by atoms with E-state index in [9.17, 15) is 9.59 Å². The maximum atomic E-state index is 12.2. The quantitative estimate of drug-likeness (QED) is 0.716. The highest BCUT2D eigenvalue weighted by Gasteiger charge is 2.35. The monoisotopic (exact) mass is 282 g/mol. The average Bonchev–Trinajstić information content (AvgIpc) is 2.88. The minimum atomic E-state index is -0.735. The Hall–Kier alpha value is -1.10. The van der Waals surface area contributed by atoms with E-state index < -0.39 is 5.97 Å². The van der Waals surface area contributed by atoms with E-state index in [1.807, 2.05) is 7.05 Å². The molecule has 0 radical (unpaired) electrons. The Morgan fingerprint density at radius 2 is 1.90 bits per heavy atom. The Kier molecular flexibility index (Phi) is 5.02. The van der Waals surface area contributed by atoms with Crippen LogP contribution in [0.25, 0.3) is 0 Å². The topological polar surface area (TPSA) is 78.4 Å². The van der Waals surface area contributed by atoms with Gasteiger partial charge in [-0.1, -0.05) is 19.3 Å². The molecule has 5 nitrogen and oxygen atoms in total. The molecule has 5 heteroatoms. The van der Waals surface area contributed by atoms with Crippen LogP contribution in [0.5, 0.6) is 0 Å². The van der Waals surface area contributed by atoms with Gasteiger partial charge < -0.3 is 15.7 Å². The van der Waals surface area contributed by atoms with Gasteiger partial charge in [0.05, 0.1) is 5.92 Å². The van der Waals surface area contributed by atoms with Gasteiger partial charge in [-0.25, -0.2) is 0 Å².